The number of nitrogens with zero attached hydrogens (tertiary/aromatic N) is 1. The van der Waals surface area contributed by atoms with E-state index in [0.717, 1.165) is 11.3 Å². The molecule has 2 aromatic rings. The Balaban J connectivity index is 1.76. The van der Waals surface area contributed by atoms with E-state index in [1.807, 2.05) is 26.8 Å². The summed E-state index contributed by atoms with van der Waals surface area (Å²) in [7, 11) is -2.34. The SMILES string of the molecule is CCOc1ccc(NC(=O)[C@@H]2CCCN(S(=O)(=O)c3cc(C(C)C)ccc3OC)C2)cc1. The van der Waals surface area contributed by atoms with E-state index in [-0.39, 0.29) is 23.3 Å². The maximum Gasteiger partial charge on any atom is 0.246 e. The van der Waals surface area contributed by atoms with Crippen molar-refractivity contribution in [3.8, 4) is 11.5 Å². The van der Waals surface area contributed by atoms with Gasteiger partial charge in [0.25, 0.3) is 0 Å². The molecule has 0 aromatic heterocycles. The van der Waals surface area contributed by atoms with E-state index in [0.29, 0.717) is 37.4 Å². The van der Waals surface area contributed by atoms with Gasteiger partial charge in [-0.2, -0.15) is 4.31 Å². The van der Waals surface area contributed by atoms with Crippen LogP contribution in [0.1, 0.15) is 45.1 Å². The van der Waals surface area contributed by atoms with Crippen LogP contribution in [0.2, 0.25) is 0 Å². The molecule has 1 saturated heterocycles. The van der Waals surface area contributed by atoms with Crippen molar-refractivity contribution in [2.24, 2.45) is 5.92 Å². The van der Waals surface area contributed by atoms with Crippen LogP contribution in [0.15, 0.2) is 47.4 Å². The second kappa shape index (κ2) is 10.4. The Morgan fingerprint density at radius 1 is 1.19 bits per heavy atom. The Morgan fingerprint density at radius 3 is 2.53 bits per heavy atom. The quantitative estimate of drug-likeness (QED) is 0.636. The van der Waals surface area contributed by atoms with Crippen molar-refractivity contribution >= 4 is 21.6 Å². The van der Waals surface area contributed by atoms with Crippen molar-refractivity contribution < 1.29 is 22.7 Å². The topological polar surface area (TPSA) is 84.9 Å². The number of hydrogen-bond donors (Lipinski definition) is 1. The number of anilines is 1. The number of methoxy groups -OCH3 is 1. The molecule has 7 nitrogen and oxygen atoms in total. The summed E-state index contributed by atoms with van der Waals surface area (Å²) in [5.41, 5.74) is 1.58. The molecule has 0 bridgehead atoms. The summed E-state index contributed by atoms with van der Waals surface area (Å²) >= 11 is 0. The number of amides is 1. The summed E-state index contributed by atoms with van der Waals surface area (Å²) in [5.74, 6) is 0.624. The Kier molecular flexibility index (Phi) is 7.79. The Labute approximate surface area is 190 Å². The van der Waals surface area contributed by atoms with Crippen LogP contribution >= 0.6 is 0 Å². The fourth-order valence-electron chi connectivity index (χ4n) is 3.81. The summed E-state index contributed by atoms with van der Waals surface area (Å²) in [4.78, 5) is 13.0. The van der Waals surface area contributed by atoms with Gasteiger partial charge in [0.1, 0.15) is 16.4 Å². The lowest BCUT2D eigenvalue weighted by Gasteiger charge is -2.31. The predicted octanol–water partition coefficient (Wildman–Crippen LogP) is 4.26. The molecule has 0 aliphatic carbocycles. The van der Waals surface area contributed by atoms with Gasteiger partial charge in [-0.25, -0.2) is 8.42 Å². The van der Waals surface area contributed by atoms with Crippen LogP contribution in [0.4, 0.5) is 5.69 Å². The molecular formula is C24H32N2O5S. The minimum Gasteiger partial charge on any atom is -0.495 e. The average molecular weight is 461 g/mol. The normalized spacial score (nSPS) is 17.2. The van der Waals surface area contributed by atoms with Crippen LogP contribution in [-0.4, -0.2) is 45.4 Å². The standard InChI is InChI=1S/C24H32N2O5S/c1-5-31-21-11-9-20(10-12-21)25-24(27)19-7-6-14-26(16-19)32(28,29)23-15-18(17(2)3)8-13-22(23)30-4/h8-13,15,17,19H,5-7,14,16H2,1-4H3,(H,25,27)/t19-/m1/s1. The van der Waals surface area contributed by atoms with Crippen LogP contribution in [0.5, 0.6) is 11.5 Å². The van der Waals surface area contributed by atoms with Gasteiger partial charge in [-0.05, 0) is 67.6 Å². The molecule has 3 rings (SSSR count). The van der Waals surface area contributed by atoms with E-state index in [1.54, 1.807) is 36.4 Å². The highest BCUT2D eigenvalue weighted by atomic mass is 32.2. The van der Waals surface area contributed by atoms with Crippen LogP contribution in [0.3, 0.4) is 0 Å². The molecule has 2 aromatic carbocycles. The molecule has 1 amide bonds. The first-order valence-corrected chi connectivity index (χ1v) is 12.4. The third kappa shape index (κ3) is 5.42. The van der Waals surface area contributed by atoms with Gasteiger partial charge < -0.3 is 14.8 Å². The van der Waals surface area contributed by atoms with E-state index in [1.165, 1.54) is 11.4 Å². The van der Waals surface area contributed by atoms with E-state index in [9.17, 15) is 13.2 Å². The highest BCUT2D eigenvalue weighted by Crippen LogP contribution is 2.32. The number of carbonyl (C=O) groups excluding carboxylic acids is 1. The summed E-state index contributed by atoms with van der Waals surface area (Å²) in [6.07, 6.45) is 1.25. The average Bonchev–Trinajstić information content (AvgIpc) is 2.80. The van der Waals surface area contributed by atoms with E-state index >= 15 is 0 Å². The zero-order valence-electron chi connectivity index (χ0n) is 19.1. The van der Waals surface area contributed by atoms with Crippen LogP contribution in [0.25, 0.3) is 0 Å². The number of piperidine rings is 1. The smallest absolute Gasteiger partial charge is 0.246 e. The Hall–Kier alpha value is -2.58. The molecule has 174 valence electrons. The van der Waals surface area contributed by atoms with Crippen molar-refractivity contribution in [2.45, 2.75) is 44.4 Å². The van der Waals surface area contributed by atoms with Crippen LogP contribution < -0.4 is 14.8 Å². The first-order valence-electron chi connectivity index (χ1n) is 11.0. The maximum absolute atomic E-state index is 13.5. The highest BCUT2D eigenvalue weighted by Gasteiger charge is 2.35. The number of carbonyl (C=O) groups is 1. The van der Waals surface area contributed by atoms with E-state index in [2.05, 4.69) is 5.32 Å². The van der Waals surface area contributed by atoms with Gasteiger partial charge in [0.2, 0.25) is 15.9 Å². The Morgan fingerprint density at radius 2 is 1.91 bits per heavy atom. The number of ether oxygens (including phenoxy) is 2. The molecule has 0 spiro atoms. The van der Waals surface area contributed by atoms with Crippen molar-refractivity contribution in [2.75, 3.05) is 32.1 Å². The van der Waals surface area contributed by atoms with Gasteiger partial charge in [-0.3, -0.25) is 4.79 Å². The molecular weight excluding hydrogens is 428 g/mol. The summed E-state index contributed by atoms with van der Waals surface area (Å²) in [6.45, 7) is 7.03. The summed E-state index contributed by atoms with van der Waals surface area (Å²) < 4.78 is 39.1. The minimum absolute atomic E-state index is 0.139. The number of benzene rings is 2. The molecule has 1 heterocycles. The number of hydrogen-bond acceptors (Lipinski definition) is 5. The van der Waals surface area contributed by atoms with Gasteiger partial charge in [-0.1, -0.05) is 19.9 Å². The third-order valence-electron chi connectivity index (χ3n) is 5.66. The minimum atomic E-state index is -3.80. The van der Waals surface area contributed by atoms with Crippen LogP contribution in [-0.2, 0) is 14.8 Å². The highest BCUT2D eigenvalue weighted by molar-refractivity contribution is 7.89. The second-order valence-corrected chi connectivity index (χ2v) is 10.1. The molecule has 0 radical (unpaired) electrons. The fraction of sp³-hybridized carbons (Fsp3) is 0.458. The monoisotopic (exact) mass is 460 g/mol. The van der Waals surface area contributed by atoms with E-state index < -0.39 is 15.9 Å². The first kappa shape index (κ1) is 24.1. The van der Waals surface area contributed by atoms with Gasteiger partial charge in [0, 0.05) is 18.8 Å². The molecule has 1 fully saturated rings. The zero-order valence-corrected chi connectivity index (χ0v) is 19.9. The Bertz CT molecular complexity index is 1030. The molecule has 1 N–H and O–H groups in total. The first-order chi connectivity index (χ1) is 15.3. The molecule has 1 aliphatic heterocycles. The van der Waals surface area contributed by atoms with Crippen molar-refractivity contribution in [1.29, 1.82) is 0 Å². The van der Waals surface area contributed by atoms with Gasteiger partial charge >= 0.3 is 0 Å². The van der Waals surface area contributed by atoms with Crippen molar-refractivity contribution in [3.05, 3.63) is 48.0 Å². The number of sulfonamides is 1. The fourth-order valence-corrected chi connectivity index (χ4v) is 5.53. The molecule has 0 unspecified atom stereocenters. The number of rotatable bonds is 8. The molecule has 1 aliphatic rings. The lowest BCUT2D eigenvalue weighted by atomic mass is 9.98. The van der Waals surface area contributed by atoms with Crippen molar-refractivity contribution in [3.63, 3.8) is 0 Å². The zero-order chi connectivity index (χ0) is 23.3. The lowest BCUT2D eigenvalue weighted by molar-refractivity contribution is -0.120. The predicted molar refractivity (Wildman–Crippen MR) is 125 cm³/mol. The van der Waals surface area contributed by atoms with E-state index in [4.69, 9.17) is 9.47 Å². The maximum atomic E-state index is 13.5. The largest absolute Gasteiger partial charge is 0.495 e. The van der Waals surface area contributed by atoms with Gasteiger partial charge in [0.15, 0.2) is 0 Å². The van der Waals surface area contributed by atoms with Crippen LogP contribution in [0, 0.1) is 5.92 Å². The summed E-state index contributed by atoms with van der Waals surface area (Å²) in [5, 5.41) is 2.90. The van der Waals surface area contributed by atoms with Crippen molar-refractivity contribution in [1.82, 2.24) is 4.31 Å². The molecule has 0 saturated carbocycles. The molecule has 32 heavy (non-hydrogen) atoms. The second-order valence-electron chi connectivity index (χ2n) is 8.21. The number of nitrogens with one attached hydrogen (secondary N) is 1. The van der Waals surface area contributed by atoms with Gasteiger partial charge in [0.05, 0.1) is 19.6 Å². The lowest BCUT2D eigenvalue weighted by Crippen LogP contribution is -2.43. The van der Waals surface area contributed by atoms with Gasteiger partial charge in [-0.15, -0.1) is 0 Å². The summed E-state index contributed by atoms with van der Waals surface area (Å²) in [6, 6.07) is 12.4. The molecule has 8 heteroatoms. The molecule has 1 atom stereocenters. The third-order valence-corrected chi connectivity index (χ3v) is 7.55.